The summed E-state index contributed by atoms with van der Waals surface area (Å²) in [5.41, 5.74) is -0.812. The zero-order chi connectivity index (χ0) is 51.7. The van der Waals surface area contributed by atoms with Crippen LogP contribution in [0.4, 0.5) is 11.5 Å². The fourth-order valence-corrected chi connectivity index (χ4v) is 11.8. The van der Waals surface area contributed by atoms with Crippen molar-refractivity contribution >= 4 is 60.5 Å². The number of carboxylic acids is 1. The molecular weight excluding hydrogens is 987 g/mol. The zero-order valence-corrected chi connectivity index (χ0v) is 41.0. The average Bonchev–Trinajstić information content (AvgIpc) is 4.04. The van der Waals surface area contributed by atoms with Crippen LogP contribution in [0.2, 0.25) is 0 Å². The monoisotopic (exact) mass is 1030 g/mol. The van der Waals surface area contributed by atoms with Crippen LogP contribution in [0.1, 0.15) is 66.6 Å². The van der Waals surface area contributed by atoms with Gasteiger partial charge < -0.3 is 39.4 Å². The summed E-state index contributed by atoms with van der Waals surface area (Å²) in [7, 11) is -10.5. The number of amides is 2. The number of carbonyl (C=O) groups is 3. The van der Waals surface area contributed by atoms with E-state index in [0.717, 1.165) is 11.6 Å². The first-order valence-electron chi connectivity index (χ1n) is 22.9. The van der Waals surface area contributed by atoms with Crippen LogP contribution < -0.4 is 30.4 Å². The Bertz CT molecular complexity index is 3680. The summed E-state index contributed by atoms with van der Waals surface area (Å²) in [4.78, 5) is 56.9. The van der Waals surface area contributed by atoms with Gasteiger partial charge in [0, 0.05) is 73.2 Å². The minimum atomic E-state index is -5.27. The zero-order valence-electron chi connectivity index (χ0n) is 39.3. The number of nitrogens with one attached hydrogen (secondary N) is 3. The second-order valence-electron chi connectivity index (χ2n) is 18.8. The van der Waals surface area contributed by atoms with E-state index in [4.69, 9.17) is 24.3 Å². The Balaban J connectivity index is 1.04. The molecular formula is C49H47N9O13S2. The number of anilines is 2. The number of aromatic nitrogens is 4. The molecule has 1 aliphatic carbocycles. The van der Waals surface area contributed by atoms with E-state index < -0.39 is 82.2 Å². The fourth-order valence-electron chi connectivity index (χ4n) is 10.2. The Morgan fingerprint density at radius 2 is 1.73 bits per heavy atom. The summed E-state index contributed by atoms with van der Waals surface area (Å²) in [6.45, 7) is 6.11. The van der Waals surface area contributed by atoms with E-state index in [1.807, 2.05) is 31.7 Å². The maximum Gasteiger partial charge on any atom is 0.336 e. The molecule has 0 saturated carbocycles. The molecule has 10 rings (SSSR count). The number of nitrogens with zero attached hydrogens (tertiary/aromatic N) is 6. The maximum atomic E-state index is 14.6. The number of piperazine rings is 1. The van der Waals surface area contributed by atoms with Gasteiger partial charge in [0.25, 0.3) is 20.2 Å². The summed E-state index contributed by atoms with van der Waals surface area (Å²) in [5, 5.41) is 24.9. The third kappa shape index (κ3) is 9.28. The molecule has 5 aliphatic rings. The minimum absolute atomic E-state index is 0.0126. The summed E-state index contributed by atoms with van der Waals surface area (Å²) >= 11 is 0. The Hall–Kier alpha value is -7.93. The van der Waals surface area contributed by atoms with E-state index in [0.29, 0.717) is 35.2 Å². The molecule has 1 fully saturated rings. The van der Waals surface area contributed by atoms with Crippen molar-refractivity contribution in [2.75, 3.05) is 36.6 Å². The number of imidazole rings is 1. The highest BCUT2D eigenvalue weighted by Gasteiger charge is 2.39. The molecule has 2 amide bonds. The highest BCUT2D eigenvalue weighted by Crippen LogP contribution is 2.51. The van der Waals surface area contributed by atoms with E-state index in [1.165, 1.54) is 29.2 Å². The van der Waals surface area contributed by atoms with Crippen LogP contribution in [-0.2, 0) is 42.8 Å². The summed E-state index contributed by atoms with van der Waals surface area (Å²) in [6, 6.07) is 14.7. The number of fused-ring (bicyclic) bond motifs is 4. The van der Waals surface area contributed by atoms with Gasteiger partial charge in [-0.05, 0) is 84.8 Å². The third-order valence-corrected chi connectivity index (χ3v) is 15.1. The number of hydrogen-bond acceptors (Lipinski definition) is 16. The van der Waals surface area contributed by atoms with Crippen molar-refractivity contribution in [3.63, 3.8) is 0 Å². The highest BCUT2D eigenvalue weighted by molar-refractivity contribution is 7.86. The average molecular weight is 1030 g/mol. The van der Waals surface area contributed by atoms with Gasteiger partial charge in [0.15, 0.2) is 32.6 Å². The fraction of sp³-hybridized carbons (Fsp3) is 0.286. The first-order chi connectivity index (χ1) is 34.6. The lowest BCUT2D eigenvalue weighted by Crippen LogP contribution is -2.56. The first kappa shape index (κ1) is 48.7. The van der Waals surface area contributed by atoms with E-state index in [-0.39, 0.29) is 84.5 Å². The highest BCUT2D eigenvalue weighted by atomic mass is 32.2. The number of rotatable bonds is 12. The minimum Gasteiger partial charge on any atom is -0.478 e. The summed E-state index contributed by atoms with van der Waals surface area (Å²) in [6.07, 6.45) is 6.32. The van der Waals surface area contributed by atoms with E-state index >= 15 is 0 Å². The Morgan fingerprint density at radius 1 is 0.945 bits per heavy atom. The lowest BCUT2D eigenvalue weighted by Gasteiger charge is -2.42. The number of ether oxygens (including phenoxy) is 2. The number of hydrogen-bond donors (Lipinski definition) is 6. The van der Waals surface area contributed by atoms with Crippen molar-refractivity contribution in [3.05, 3.63) is 113 Å². The molecule has 2 aromatic heterocycles. The van der Waals surface area contributed by atoms with Crippen LogP contribution >= 0.6 is 0 Å². The molecule has 22 nitrogen and oxygen atoms in total. The largest absolute Gasteiger partial charge is 0.478 e. The maximum absolute atomic E-state index is 14.6. The summed E-state index contributed by atoms with van der Waals surface area (Å²) in [5.74, 6) is -1.40. The molecule has 2 atom stereocenters. The first-order valence-corrected chi connectivity index (χ1v) is 25.8. The van der Waals surface area contributed by atoms with Crippen molar-refractivity contribution in [2.24, 2.45) is 0 Å². The van der Waals surface area contributed by atoms with Crippen LogP contribution in [0.3, 0.4) is 0 Å². The van der Waals surface area contributed by atoms with Gasteiger partial charge in [-0.2, -0.15) is 21.8 Å². The van der Waals surface area contributed by atoms with Crippen LogP contribution in [0.5, 0.6) is 11.5 Å². The van der Waals surface area contributed by atoms with Gasteiger partial charge in [-0.15, -0.1) is 0 Å². The lowest BCUT2D eigenvalue weighted by atomic mass is 9.80. The molecule has 73 heavy (non-hydrogen) atoms. The molecule has 6 heterocycles. The van der Waals surface area contributed by atoms with E-state index in [1.54, 1.807) is 53.8 Å². The quantitative estimate of drug-likeness (QED) is 0.0673. The molecule has 6 N–H and O–H groups in total. The van der Waals surface area contributed by atoms with Crippen LogP contribution in [0.15, 0.2) is 99.8 Å². The lowest BCUT2D eigenvalue weighted by molar-refractivity contribution is -0.132. The number of carboxylic acid groups (broad SMARTS) is 1. The van der Waals surface area contributed by atoms with E-state index in [9.17, 15) is 45.4 Å². The van der Waals surface area contributed by atoms with Crippen molar-refractivity contribution in [1.29, 1.82) is 5.41 Å². The van der Waals surface area contributed by atoms with Crippen LogP contribution in [0.25, 0.3) is 39.4 Å². The Kier molecular flexibility index (Phi) is 12.2. The number of carbonyl (C=O) groups excluding carboxylic acids is 2. The molecule has 24 heteroatoms. The summed E-state index contributed by atoms with van der Waals surface area (Å²) < 4.78 is 93.0. The second-order valence-corrected chi connectivity index (χ2v) is 21.5. The standard InChI is InChI=1S/C49H47N9O13S2/c1-26-21-49(2,3)55-42-32(26)20-33-41(31-8-9-34(50)45(72(63,64)65)43(31)71-44(33)46(42)73(66,67)68)30-6-4-5-28(40(30)47(61)62)18-39(60)56-15-16-58(37-11-12-52-48(54-37)57-14-13-51-24-57)29(23-56)19-38(59)53-22-27-7-10-35-36(17-27)70-25-69-35/h4-14,17,20,24,26,29,50,55H,15-16,18-19,21-23,25H2,1-3H3,(H,53,59)(H,61,62)(H,63,64,65)(H,66,67,68). The predicted octanol–water partition coefficient (Wildman–Crippen LogP) is 5.24. The van der Waals surface area contributed by atoms with Crippen molar-refractivity contribution in [3.8, 4) is 39.9 Å². The van der Waals surface area contributed by atoms with Crippen molar-refractivity contribution in [2.45, 2.75) is 73.9 Å². The van der Waals surface area contributed by atoms with Gasteiger partial charge >= 0.3 is 5.97 Å². The van der Waals surface area contributed by atoms with Crippen LogP contribution in [0, 0.1) is 5.41 Å². The molecule has 1 saturated heterocycles. The molecule has 3 aromatic carbocycles. The third-order valence-electron chi connectivity index (χ3n) is 13.3. The van der Waals surface area contributed by atoms with Crippen LogP contribution in [-0.4, -0.2) is 111 Å². The second kappa shape index (κ2) is 18.3. The molecule has 0 radical (unpaired) electrons. The van der Waals surface area contributed by atoms with Crippen molar-refractivity contribution in [1.82, 2.24) is 29.7 Å². The molecule has 4 aliphatic heterocycles. The Labute approximate surface area is 417 Å². The van der Waals surface area contributed by atoms with Gasteiger partial charge in [-0.1, -0.05) is 31.2 Å². The normalized spacial score (nSPS) is 17.3. The van der Waals surface area contributed by atoms with Gasteiger partial charge in [0.2, 0.25) is 24.6 Å². The van der Waals surface area contributed by atoms with Crippen molar-refractivity contribution < 1.29 is 59.3 Å². The smallest absolute Gasteiger partial charge is 0.336 e. The Morgan fingerprint density at radius 3 is 2.47 bits per heavy atom. The molecule has 2 unspecified atom stereocenters. The van der Waals surface area contributed by atoms with Gasteiger partial charge in [-0.25, -0.2) is 14.8 Å². The molecule has 0 bridgehead atoms. The predicted molar refractivity (Wildman–Crippen MR) is 261 cm³/mol. The van der Waals surface area contributed by atoms with Gasteiger partial charge in [0.1, 0.15) is 12.1 Å². The molecule has 5 aromatic rings. The van der Waals surface area contributed by atoms with Gasteiger partial charge in [-0.3, -0.25) is 28.7 Å². The number of benzene rings is 4. The van der Waals surface area contributed by atoms with E-state index in [2.05, 4.69) is 20.6 Å². The number of aromatic carboxylic acids is 1. The van der Waals surface area contributed by atoms with Gasteiger partial charge in [0.05, 0.1) is 29.1 Å². The molecule has 0 spiro atoms. The molecule has 378 valence electrons. The topological polar surface area (TPSA) is 310 Å². The SMILES string of the molecule is CC1CC(C)(C)Nc2c1cc1c(-c3cccc(CC(=O)N4CCN(c5ccnc(-n6ccnc6)n5)C(CC(=O)NCc5ccc6c(c5)OCO6)C4)c3C(=O)O)c3ccc(=N)c(S(=O)(=O)O)c-3oc1c2S(=O)(=O)O.